The molecule has 2 aliphatic rings. The molecule has 0 spiro atoms. The van der Waals surface area contributed by atoms with Gasteiger partial charge in [0, 0.05) is 44.2 Å². The summed E-state index contributed by atoms with van der Waals surface area (Å²) in [5.41, 5.74) is 1.36. The number of rotatable bonds is 7. The lowest BCUT2D eigenvalue weighted by molar-refractivity contribution is -0.0965. The molecule has 0 radical (unpaired) electrons. The van der Waals surface area contributed by atoms with Crippen LogP contribution in [-0.4, -0.2) is 69.3 Å². The zero-order chi connectivity index (χ0) is 24.5. The molecule has 8 nitrogen and oxygen atoms in total. The number of methoxy groups -OCH3 is 1. The second kappa shape index (κ2) is 9.87. The van der Waals surface area contributed by atoms with Crippen LogP contribution in [0.3, 0.4) is 0 Å². The molecule has 2 heterocycles. The quantitative estimate of drug-likeness (QED) is 0.522. The van der Waals surface area contributed by atoms with E-state index < -0.39 is 0 Å². The van der Waals surface area contributed by atoms with Gasteiger partial charge in [0.1, 0.15) is 12.2 Å². The Kier molecular flexibility index (Phi) is 7.26. The predicted molar refractivity (Wildman–Crippen MR) is 137 cm³/mol. The van der Waals surface area contributed by atoms with Gasteiger partial charge in [0.15, 0.2) is 0 Å². The minimum Gasteiger partial charge on any atom is -0.378 e. The lowest BCUT2D eigenvalue weighted by Crippen LogP contribution is -2.55. The molecule has 186 valence electrons. The van der Waals surface area contributed by atoms with E-state index in [-0.39, 0.29) is 23.1 Å². The Balaban J connectivity index is 1.41. The van der Waals surface area contributed by atoms with Gasteiger partial charge in [-0.3, -0.25) is 4.90 Å². The van der Waals surface area contributed by atoms with Crippen LogP contribution in [-0.2, 0) is 17.2 Å². The first kappa shape index (κ1) is 25.0. The second-order valence-electron chi connectivity index (χ2n) is 10.4. The number of ether oxygens (including phenoxy) is 1. The second-order valence-corrected chi connectivity index (χ2v) is 11.1. The fourth-order valence-corrected chi connectivity index (χ4v) is 5.79. The number of aromatic nitrogens is 3. The Morgan fingerprint density at radius 3 is 2.79 bits per heavy atom. The molecule has 2 N–H and O–H groups in total. The molecule has 4 rings (SSSR count). The highest BCUT2D eigenvalue weighted by Gasteiger charge is 2.56. The molecule has 2 aromatic rings. The molecule has 34 heavy (non-hydrogen) atoms. The molecule has 1 aromatic heterocycles. The summed E-state index contributed by atoms with van der Waals surface area (Å²) in [6.07, 6.45) is 4.42. The predicted octanol–water partition coefficient (Wildman–Crippen LogP) is 3.45. The van der Waals surface area contributed by atoms with Crippen molar-refractivity contribution in [1.29, 1.82) is 0 Å². The van der Waals surface area contributed by atoms with Gasteiger partial charge in [0.05, 0.1) is 11.0 Å². The highest BCUT2D eigenvalue weighted by atomic mass is 32.1. The Morgan fingerprint density at radius 2 is 2.15 bits per heavy atom. The van der Waals surface area contributed by atoms with Crippen molar-refractivity contribution in [2.24, 2.45) is 13.0 Å². The molecule has 0 bridgehead atoms. The Morgan fingerprint density at radius 1 is 1.38 bits per heavy atom. The first-order valence-electron chi connectivity index (χ1n) is 12.1. The van der Waals surface area contributed by atoms with E-state index in [4.69, 9.17) is 4.74 Å². The Labute approximate surface area is 208 Å². The summed E-state index contributed by atoms with van der Waals surface area (Å²) in [5.74, 6) is 1.47. The first-order valence-corrected chi connectivity index (χ1v) is 12.6. The molecule has 1 saturated heterocycles. The van der Waals surface area contributed by atoms with Crippen molar-refractivity contribution in [3.8, 4) is 0 Å². The number of carbonyl (C=O) groups is 1. The molecule has 1 saturated carbocycles. The zero-order valence-electron chi connectivity index (χ0n) is 20.9. The summed E-state index contributed by atoms with van der Waals surface area (Å²) in [6.45, 7) is 9.18. The van der Waals surface area contributed by atoms with E-state index in [9.17, 15) is 4.79 Å². The average molecular weight is 487 g/mol. The SMILES string of the molecule is CO[C@]1(C)C[C@](c2cccc(NC(=O)NCC(C)N3CCC(S)[C@H](C)C3)c2)(c2nncn2C)C1. The monoisotopic (exact) mass is 486 g/mol. The summed E-state index contributed by atoms with van der Waals surface area (Å²) < 4.78 is 7.73. The van der Waals surface area contributed by atoms with Crippen molar-refractivity contribution >= 4 is 24.3 Å². The van der Waals surface area contributed by atoms with Crippen LogP contribution in [0.5, 0.6) is 0 Å². The van der Waals surface area contributed by atoms with Crippen molar-refractivity contribution in [3.05, 3.63) is 42.0 Å². The number of aryl methyl sites for hydroxylation is 1. The maximum atomic E-state index is 12.7. The highest BCUT2D eigenvalue weighted by Crippen LogP contribution is 2.55. The largest absolute Gasteiger partial charge is 0.378 e. The van der Waals surface area contributed by atoms with Crippen LogP contribution in [0.1, 0.15) is 51.4 Å². The molecular weight excluding hydrogens is 448 g/mol. The normalized spacial score (nSPS) is 30.4. The topological polar surface area (TPSA) is 84.3 Å². The molecule has 9 heteroatoms. The minimum atomic E-state index is -0.297. The minimum absolute atomic E-state index is 0.191. The van der Waals surface area contributed by atoms with Gasteiger partial charge in [-0.25, -0.2) is 4.79 Å². The van der Waals surface area contributed by atoms with Crippen LogP contribution in [0, 0.1) is 5.92 Å². The lowest BCUT2D eigenvalue weighted by Gasteiger charge is -2.53. The number of likely N-dealkylation sites (tertiary alicyclic amines) is 1. The van der Waals surface area contributed by atoms with Crippen LogP contribution >= 0.6 is 12.6 Å². The number of anilines is 1. The number of nitrogens with one attached hydrogen (secondary N) is 2. The number of thiol groups is 1. The molecule has 1 aliphatic carbocycles. The highest BCUT2D eigenvalue weighted by molar-refractivity contribution is 7.81. The van der Waals surface area contributed by atoms with Crippen molar-refractivity contribution in [1.82, 2.24) is 25.0 Å². The van der Waals surface area contributed by atoms with Crippen LogP contribution in [0.2, 0.25) is 0 Å². The number of urea groups is 1. The zero-order valence-corrected chi connectivity index (χ0v) is 21.8. The summed E-state index contributed by atoms with van der Waals surface area (Å²) in [7, 11) is 3.72. The standard InChI is InChI=1S/C25H38N6O2S/c1-17-13-31(10-9-21(17)34)18(2)12-26-23(32)28-20-8-6-7-19(11-20)25(14-24(3,15-25)33-5)22-29-27-16-30(22)4/h6-8,11,16-18,21,34H,9-10,12-15H2,1-5H3,(H2,26,28,32)/t17-,18?,21?,24-,25+/m1/s1. The molecular formula is C25H38N6O2S. The van der Waals surface area contributed by atoms with E-state index in [1.54, 1.807) is 13.4 Å². The maximum Gasteiger partial charge on any atom is 0.319 e. The fourth-order valence-electron chi connectivity index (χ4n) is 5.58. The Bertz CT molecular complexity index is 1000. The van der Waals surface area contributed by atoms with Crippen LogP contribution in [0.25, 0.3) is 0 Å². The van der Waals surface area contributed by atoms with E-state index in [1.165, 1.54) is 0 Å². The van der Waals surface area contributed by atoms with E-state index in [1.807, 2.05) is 29.8 Å². The van der Waals surface area contributed by atoms with Crippen molar-refractivity contribution in [2.75, 3.05) is 32.1 Å². The maximum absolute atomic E-state index is 12.7. The first-order chi connectivity index (χ1) is 16.2. The number of hydrogen-bond donors (Lipinski definition) is 3. The van der Waals surface area contributed by atoms with Gasteiger partial charge < -0.3 is 19.9 Å². The summed E-state index contributed by atoms with van der Waals surface area (Å²) in [5, 5.41) is 15.1. The van der Waals surface area contributed by atoms with Crippen LogP contribution in [0.4, 0.5) is 10.5 Å². The van der Waals surface area contributed by atoms with E-state index >= 15 is 0 Å². The average Bonchev–Trinajstić information content (AvgIpc) is 3.23. The number of carbonyl (C=O) groups excluding carboxylic acids is 1. The third-order valence-corrected chi connectivity index (χ3v) is 8.50. The van der Waals surface area contributed by atoms with Crippen molar-refractivity contribution in [2.45, 2.75) is 62.3 Å². The third kappa shape index (κ3) is 4.97. The van der Waals surface area contributed by atoms with Gasteiger partial charge in [-0.05, 0) is 63.3 Å². The molecule has 2 amide bonds. The number of amides is 2. The van der Waals surface area contributed by atoms with Crippen molar-refractivity contribution in [3.63, 3.8) is 0 Å². The third-order valence-electron chi connectivity index (χ3n) is 7.73. The van der Waals surface area contributed by atoms with Gasteiger partial charge >= 0.3 is 6.03 Å². The summed E-state index contributed by atoms with van der Waals surface area (Å²) >= 11 is 4.66. The fraction of sp³-hybridized carbons (Fsp3) is 0.640. The summed E-state index contributed by atoms with van der Waals surface area (Å²) in [4.78, 5) is 15.1. The molecule has 3 atom stereocenters. The van der Waals surface area contributed by atoms with Gasteiger partial charge in [-0.2, -0.15) is 12.6 Å². The van der Waals surface area contributed by atoms with E-state index in [2.05, 4.69) is 65.2 Å². The number of nitrogens with zero attached hydrogens (tertiary/aromatic N) is 4. The molecule has 2 unspecified atom stereocenters. The van der Waals surface area contributed by atoms with Gasteiger partial charge in [-0.1, -0.05) is 19.1 Å². The van der Waals surface area contributed by atoms with Gasteiger partial charge in [0.2, 0.25) is 0 Å². The van der Waals surface area contributed by atoms with Crippen LogP contribution < -0.4 is 10.6 Å². The van der Waals surface area contributed by atoms with Crippen LogP contribution in [0.15, 0.2) is 30.6 Å². The smallest absolute Gasteiger partial charge is 0.319 e. The Hall–Kier alpha value is -2.10. The van der Waals surface area contributed by atoms with E-state index in [0.29, 0.717) is 17.7 Å². The molecule has 1 aromatic carbocycles. The molecule has 1 aliphatic heterocycles. The van der Waals surface area contributed by atoms with Crippen molar-refractivity contribution < 1.29 is 9.53 Å². The van der Waals surface area contributed by atoms with Gasteiger partial charge in [0.25, 0.3) is 0 Å². The number of hydrogen-bond acceptors (Lipinski definition) is 6. The van der Waals surface area contributed by atoms with Gasteiger partial charge in [-0.15, -0.1) is 10.2 Å². The summed E-state index contributed by atoms with van der Waals surface area (Å²) in [6, 6.07) is 8.14. The lowest BCUT2D eigenvalue weighted by atomic mass is 9.56. The van der Waals surface area contributed by atoms with E-state index in [0.717, 1.165) is 49.4 Å². The number of piperidine rings is 1. The molecule has 2 fully saturated rings. The number of benzene rings is 1.